The van der Waals surface area contributed by atoms with Crippen LogP contribution >= 0.6 is 43.2 Å². The zero-order chi connectivity index (χ0) is 13.2. The van der Waals surface area contributed by atoms with Crippen molar-refractivity contribution < 1.29 is 8.42 Å². The lowest BCUT2D eigenvalue weighted by Crippen LogP contribution is -2.35. The average Bonchev–Trinajstić information content (AvgIpc) is 2.51. The Balaban J connectivity index is 2.13. The van der Waals surface area contributed by atoms with E-state index >= 15 is 0 Å². The molecule has 1 unspecified atom stereocenters. The van der Waals surface area contributed by atoms with Gasteiger partial charge in [-0.1, -0.05) is 0 Å². The normalized spacial score (nSPS) is 21.8. The van der Waals surface area contributed by atoms with Crippen LogP contribution in [0.25, 0.3) is 0 Å². The summed E-state index contributed by atoms with van der Waals surface area (Å²) in [6, 6.07) is 1.65. The summed E-state index contributed by atoms with van der Waals surface area (Å²) >= 11 is 7.95. The highest BCUT2D eigenvalue weighted by atomic mass is 79.9. The Morgan fingerprint density at radius 2 is 2.11 bits per heavy atom. The van der Waals surface area contributed by atoms with E-state index in [-0.39, 0.29) is 6.04 Å². The highest BCUT2D eigenvalue weighted by Crippen LogP contribution is 2.34. The van der Waals surface area contributed by atoms with Gasteiger partial charge in [0.1, 0.15) is 4.90 Å². The molecule has 2 N–H and O–H groups in total. The highest BCUT2D eigenvalue weighted by Gasteiger charge is 2.24. The van der Waals surface area contributed by atoms with E-state index in [2.05, 4.69) is 41.9 Å². The van der Waals surface area contributed by atoms with E-state index in [1.165, 1.54) is 11.3 Å². The van der Waals surface area contributed by atoms with Crippen molar-refractivity contribution in [1.82, 2.24) is 10.0 Å². The zero-order valence-electron chi connectivity index (χ0n) is 9.58. The maximum atomic E-state index is 12.3. The highest BCUT2D eigenvalue weighted by molar-refractivity contribution is 9.12. The largest absolute Gasteiger partial charge is 0.317 e. The molecular weight excluding hydrogens is 404 g/mol. The van der Waals surface area contributed by atoms with Crippen LogP contribution in [0.15, 0.2) is 18.5 Å². The molecule has 1 atom stereocenters. The molecule has 0 spiro atoms. The third-order valence-corrected chi connectivity index (χ3v) is 7.09. The summed E-state index contributed by atoms with van der Waals surface area (Å²) in [5, 5.41) is 3.27. The first kappa shape index (κ1) is 14.9. The Hall–Kier alpha value is 0.530. The van der Waals surface area contributed by atoms with Crippen molar-refractivity contribution in [2.24, 2.45) is 0 Å². The molecule has 0 aliphatic carbocycles. The average molecular weight is 418 g/mol. The molecule has 2 heterocycles. The molecule has 0 radical (unpaired) electrons. The third kappa shape index (κ3) is 3.77. The van der Waals surface area contributed by atoms with Crippen molar-refractivity contribution in [1.29, 1.82) is 0 Å². The van der Waals surface area contributed by atoms with E-state index < -0.39 is 10.0 Å². The first-order valence-corrected chi connectivity index (χ1v) is 9.55. The number of hydrogen-bond acceptors (Lipinski definition) is 4. The van der Waals surface area contributed by atoms with Crippen LogP contribution in [0.4, 0.5) is 0 Å². The van der Waals surface area contributed by atoms with Gasteiger partial charge in [0.2, 0.25) is 10.0 Å². The van der Waals surface area contributed by atoms with Crippen molar-refractivity contribution >= 4 is 53.2 Å². The minimum atomic E-state index is -3.43. The van der Waals surface area contributed by atoms with Gasteiger partial charge < -0.3 is 5.32 Å². The summed E-state index contributed by atoms with van der Waals surface area (Å²) < 4.78 is 28.8. The summed E-state index contributed by atoms with van der Waals surface area (Å²) in [4.78, 5) is 0.316. The Kier molecular flexibility index (Phi) is 5.24. The van der Waals surface area contributed by atoms with Crippen LogP contribution in [0.3, 0.4) is 0 Å². The van der Waals surface area contributed by atoms with Crippen LogP contribution in [0, 0.1) is 0 Å². The predicted octanol–water partition coefficient (Wildman–Crippen LogP) is 2.69. The van der Waals surface area contributed by atoms with Crippen molar-refractivity contribution in [3.8, 4) is 0 Å². The van der Waals surface area contributed by atoms with Gasteiger partial charge in [0.15, 0.2) is 0 Å². The van der Waals surface area contributed by atoms with E-state index in [9.17, 15) is 8.42 Å². The number of rotatable bonds is 3. The van der Waals surface area contributed by atoms with Gasteiger partial charge in [0.05, 0.1) is 7.57 Å². The Morgan fingerprint density at radius 3 is 2.78 bits per heavy atom. The van der Waals surface area contributed by atoms with Gasteiger partial charge in [-0.05, 0) is 70.3 Å². The van der Waals surface area contributed by atoms with Gasteiger partial charge in [-0.15, -0.1) is 11.3 Å². The lowest BCUT2D eigenvalue weighted by atomic mass is 10.1. The molecule has 8 heteroatoms. The lowest BCUT2D eigenvalue weighted by Gasteiger charge is -2.15. The number of halogens is 2. The molecule has 0 amide bonds. The minimum Gasteiger partial charge on any atom is -0.317 e. The fourth-order valence-electron chi connectivity index (χ4n) is 1.93. The first-order valence-electron chi connectivity index (χ1n) is 5.67. The molecule has 18 heavy (non-hydrogen) atoms. The number of sulfonamides is 1. The Labute approximate surface area is 128 Å². The van der Waals surface area contributed by atoms with Crippen LogP contribution in [-0.2, 0) is 10.0 Å². The molecule has 1 aromatic rings. The summed E-state index contributed by atoms with van der Waals surface area (Å²) in [6.45, 7) is 1.83. The summed E-state index contributed by atoms with van der Waals surface area (Å²) in [5.41, 5.74) is 0. The standard InChI is InChI=1S/C10H14Br2N2O2S2/c11-9-6-8(10(12)17-9)18(15,16)14-7-2-1-4-13-5-3-7/h6-7,13-14H,1-5H2. The molecule has 1 aliphatic heterocycles. The van der Waals surface area contributed by atoms with Crippen LogP contribution in [0.5, 0.6) is 0 Å². The fraction of sp³-hybridized carbons (Fsp3) is 0.600. The molecule has 0 aromatic carbocycles. The van der Waals surface area contributed by atoms with Crippen LogP contribution in [0.1, 0.15) is 19.3 Å². The zero-order valence-corrected chi connectivity index (χ0v) is 14.4. The van der Waals surface area contributed by atoms with Gasteiger partial charge in [0, 0.05) is 6.04 Å². The maximum Gasteiger partial charge on any atom is 0.242 e. The van der Waals surface area contributed by atoms with Gasteiger partial charge in [-0.3, -0.25) is 0 Å². The van der Waals surface area contributed by atoms with Crippen molar-refractivity contribution in [3.05, 3.63) is 13.6 Å². The Bertz CT molecular complexity index is 508. The topological polar surface area (TPSA) is 58.2 Å². The summed E-state index contributed by atoms with van der Waals surface area (Å²) in [5.74, 6) is 0. The molecule has 1 aromatic heterocycles. The molecule has 102 valence electrons. The summed E-state index contributed by atoms with van der Waals surface area (Å²) in [6.07, 6.45) is 2.72. The third-order valence-electron chi connectivity index (χ3n) is 2.81. The molecule has 1 aliphatic rings. The smallest absolute Gasteiger partial charge is 0.242 e. The number of hydrogen-bond donors (Lipinski definition) is 2. The van der Waals surface area contributed by atoms with E-state index in [0.717, 1.165) is 36.1 Å². The second-order valence-corrected chi connectivity index (χ2v) is 9.62. The molecule has 1 saturated heterocycles. The number of thiophene rings is 1. The van der Waals surface area contributed by atoms with E-state index in [0.29, 0.717) is 8.68 Å². The van der Waals surface area contributed by atoms with E-state index in [1.54, 1.807) is 6.07 Å². The number of nitrogens with one attached hydrogen (secondary N) is 2. The van der Waals surface area contributed by atoms with Gasteiger partial charge in [-0.2, -0.15) is 0 Å². The summed E-state index contributed by atoms with van der Waals surface area (Å²) in [7, 11) is -3.43. The maximum absolute atomic E-state index is 12.3. The lowest BCUT2D eigenvalue weighted by molar-refractivity contribution is 0.518. The van der Waals surface area contributed by atoms with Crippen molar-refractivity contribution in [2.45, 2.75) is 30.2 Å². The minimum absolute atomic E-state index is 0.0237. The van der Waals surface area contributed by atoms with Crippen LogP contribution in [-0.4, -0.2) is 27.5 Å². The molecule has 4 nitrogen and oxygen atoms in total. The fourth-order valence-corrected chi connectivity index (χ4v) is 7.04. The molecule has 0 saturated carbocycles. The molecular formula is C10H14Br2N2O2S2. The van der Waals surface area contributed by atoms with Gasteiger partial charge in [-0.25, -0.2) is 13.1 Å². The van der Waals surface area contributed by atoms with Crippen molar-refractivity contribution in [2.75, 3.05) is 13.1 Å². The quantitative estimate of drug-likeness (QED) is 0.794. The van der Waals surface area contributed by atoms with E-state index in [1.807, 2.05) is 0 Å². The first-order chi connectivity index (χ1) is 8.49. The van der Waals surface area contributed by atoms with Crippen LogP contribution < -0.4 is 10.0 Å². The second-order valence-electron chi connectivity index (χ2n) is 4.19. The molecule has 2 rings (SSSR count). The SMILES string of the molecule is O=S(=O)(NC1CCCNCC1)c1cc(Br)sc1Br. The monoisotopic (exact) mass is 416 g/mol. The second kappa shape index (κ2) is 6.32. The van der Waals surface area contributed by atoms with Crippen molar-refractivity contribution in [3.63, 3.8) is 0 Å². The van der Waals surface area contributed by atoms with Gasteiger partial charge in [0.25, 0.3) is 0 Å². The van der Waals surface area contributed by atoms with Gasteiger partial charge >= 0.3 is 0 Å². The van der Waals surface area contributed by atoms with Crippen LogP contribution in [0.2, 0.25) is 0 Å². The molecule has 1 fully saturated rings. The predicted molar refractivity (Wildman–Crippen MR) is 80.5 cm³/mol. The van der Waals surface area contributed by atoms with E-state index in [4.69, 9.17) is 0 Å². The Morgan fingerprint density at radius 1 is 1.33 bits per heavy atom. The molecule has 0 bridgehead atoms.